The fraction of sp³-hybridized carbons (Fsp3) is 0.533. The highest BCUT2D eigenvalue weighted by Gasteiger charge is 2.46. The van der Waals surface area contributed by atoms with E-state index in [2.05, 4.69) is 0 Å². The van der Waals surface area contributed by atoms with E-state index in [1.807, 2.05) is 19.9 Å². The van der Waals surface area contributed by atoms with E-state index < -0.39 is 18.1 Å². The van der Waals surface area contributed by atoms with Crippen molar-refractivity contribution in [1.82, 2.24) is 4.90 Å². The van der Waals surface area contributed by atoms with E-state index in [0.29, 0.717) is 18.4 Å². The first-order chi connectivity index (χ1) is 9.29. The molecule has 20 heavy (non-hydrogen) atoms. The minimum atomic E-state index is -4.35. The SMILES string of the molecule is Cc1cc(C)cc(C(=O)N2CCCCC2C(F)(F)F)c1. The number of likely N-dealkylation sites (tertiary alicyclic amines) is 1. The molecule has 0 spiro atoms. The van der Waals surface area contributed by atoms with Crippen LogP contribution < -0.4 is 0 Å². The fourth-order valence-corrected chi connectivity index (χ4v) is 2.78. The second-order valence-electron chi connectivity index (χ2n) is 5.43. The summed E-state index contributed by atoms with van der Waals surface area (Å²) < 4.78 is 39.1. The largest absolute Gasteiger partial charge is 0.408 e. The second-order valence-corrected chi connectivity index (χ2v) is 5.43. The Hall–Kier alpha value is -1.52. The highest BCUT2D eigenvalue weighted by Crippen LogP contribution is 2.32. The number of amides is 1. The molecule has 0 saturated carbocycles. The highest BCUT2D eigenvalue weighted by molar-refractivity contribution is 5.95. The van der Waals surface area contributed by atoms with Gasteiger partial charge in [-0.05, 0) is 45.2 Å². The molecule has 1 amide bonds. The third kappa shape index (κ3) is 3.14. The minimum Gasteiger partial charge on any atom is -0.327 e. The van der Waals surface area contributed by atoms with Crippen LogP contribution in [0.4, 0.5) is 13.2 Å². The topological polar surface area (TPSA) is 20.3 Å². The predicted molar refractivity (Wildman–Crippen MR) is 70.6 cm³/mol. The van der Waals surface area contributed by atoms with Gasteiger partial charge in [0, 0.05) is 12.1 Å². The molecule has 110 valence electrons. The van der Waals surface area contributed by atoms with E-state index >= 15 is 0 Å². The molecular formula is C15H18F3NO. The maximum absolute atomic E-state index is 13.0. The van der Waals surface area contributed by atoms with Crippen molar-refractivity contribution in [3.05, 3.63) is 34.9 Å². The number of alkyl halides is 3. The number of carbonyl (C=O) groups is 1. The van der Waals surface area contributed by atoms with E-state index in [0.717, 1.165) is 16.0 Å². The van der Waals surface area contributed by atoms with E-state index in [4.69, 9.17) is 0 Å². The average molecular weight is 285 g/mol. The molecule has 0 aromatic heterocycles. The third-order valence-electron chi connectivity index (χ3n) is 3.61. The molecule has 1 aromatic carbocycles. The van der Waals surface area contributed by atoms with Gasteiger partial charge in [-0.1, -0.05) is 17.2 Å². The molecular weight excluding hydrogens is 267 g/mol. The van der Waals surface area contributed by atoms with Gasteiger partial charge in [0.05, 0.1) is 0 Å². The number of hydrogen-bond donors (Lipinski definition) is 0. The van der Waals surface area contributed by atoms with Crippen molar-refractivity contribution in [2.24, 2.45) is 0 Å². The van der Waals surface area contributed by atoms with Gasteiger partial charge in [-0.25, -0.2) is 0 Å². The summed E-state index contributed by atoms with van der Waals surface area (Å²) in [5.41, 5.74) is 2.11. The quantitative estimate of drug-likeness (QED) is 0.767. The van der Waals surface area contributed by atoms with Gasteiger partial charge in [0.2, 0.25) is 0 Å². The first-order valence-corrected chi connectivity index (χ1v) is 6.75. The zero-order chi connectivity index (χ0) is 14.9. The molecule has 1 aromatic rings. The lowest BCUT2D eigenvalue weighted by atomic mass is 9.99. The lowest BCUT2D eigenvalue weighted by Crippen LogP contribution is -2.51. The number of rotatable bonds is 1. The van der Waals surface area contributed by atoms with Crippen LogP contribution in [0.1, 0.15) is 40.7 Å². The Balaban J connectivity index is 2.30. The molecule has 0 N–H and O–H groups in total. The van der Waals surface area contributed by atoms with Crippen molar-refractivity contribution in [1.29, 1.82) is 0 Å². The summed E-state index contributed by atoms with van der Waals surface area (Å²) in [6, 6.07) is 3.55. The van der Waals surface area contributed by atoms with Crippen LogP contribution in [0.25, 0.3) is 0 Å². The van der Waals surface area contributed by atoms with Crippen molar-refractivity contribution in [3.8, 4) is 0 Å². The minimum absolute atomic E-state index is 0.0000376. The number of carbonyl (C=O) groups excluding carboxylic acids is 1. The molecule has 2 rings (SSSR count). The maximum atomic E-state index is 13.0. The number of hydrogen-bond acceptors (Lipinski definition) is 1. The van der Waals surface area contributed by atoms with E-state index in [9.17, 15) is 18.0 Å². The fourth-order valence-electron chi connectivity index (χ4n) is 2.78. The van der Waals surface area contributed by atoms with Gasteiger partial charge < -0.3 is 4.90 Å². The third-order valence-corrected chi connectivity index (χ3v) is 3.61. The average Bonchev–Trinajstić information content (AvgIpc) is 2.35. The van der Waals surface area contributed by atoms with Gasteiger partial charge in [-0.15, -0.1) is 0 Å². The smallest absolute Gasteiger partial charge is 0.327 e. The van der Waals surface area contributed by atoms with Gasteiger partial charge in [0.25, 0.3) is 5.91 Å². The number of halogens is 3. The standard InChI is InChI=1S/C15H18F3NO/c1-10-7-11(2)9-12(8-10)14(20)19-6-4-3-5-13(19)15(16,17)18/h7-9,13H,3-6H2,1-2H3. The van der Waals surface area contributed by atoms with Crippen molar-refractivity contribution < 1.29 is 18.0 Å². The first-order valence-electron chi connectivity index (χ1n) is 6.75. The molecule has 1 atom stereocenters. The van der Waals surface area contributed by atoms with Gasteiger partial charge in [-0.2, -0.15) is 13.2 Å². The van der Waals surface area contributed by atoms with Crippen LogP contribution in [0, 0.1) is 13.8 Å². The van der Waals surface area contributed by atoms with Gasteiger partial charge in [0.1, 0.15) is 6.04 Å². The normalized spacial score (nSPS) is 20.1. The Morgan fingerprint density at radius 3 is 2.30 bits per heavy atom. The van der Waals surface area contributed by atoms with Crippen LogP contribution in [-0.4, -0.2) is 29.6 Å². The van der Waals surface area contributed by atoms with Crippen molar-refractivity contribution in [2.45, 2.75) is 45.3 Å². The van der Waals surface area contributed by atoms with Crippen LogP contribution in [-0.2, 0) is 0 Å². The lowest BCUT2D eigenvalue weighted by molar-refractivity contribution is -0.183. The van der Waals surface area contributed by atoms with Crippen molar-refractivity contribution in [3.63, 3.8) is 0 Å². The molecule has 0 radical (unpaired) electrons. The zero-order valence-electron chi connectivity index (χ0n) is 11.6. The molecule has 0 bridgehead atoms. The Kier molecular flexibility index (Phi) is 4.06. The Labute approximate surface area is 116 Å². The van der Waals surface area contributed by atoms with Crippen LogP contribution in [0.5, 0.6) is 0 Å². The van der Waals surface area contributed by atoms with Crippen LogP contribution in [0.15, 0.2) is 18.2 Å². The van der Waals surface area contributed by atoms with Gasteiger partial charge in [-0.3, -0.25) is 4.79 Å². The molecule has 1 heterocycles. The molecule has 5 heteroatoms. The molecule has 1 aliphatic heterocycles. The molecule has 1 saturated heterocycles. The van der Waals surface area contributed by atoms with E-state index in [-0.39, 0.29) is 13.0 Å². The number of aryl methyl sites for hydroxylation is 2. The summed E-state index contributed by atoms with van der Waals surface area (Å²) in [4.78, 5) is 13.4. The van der Waals surface area contributed by atoms with Crippen molar-refractivity contribution in [2.75, 3.05) is 6.54 Å². The summed E-state index contributed by atoms with van der Waals surface area (Å²) in [6.07, 6.45) is -3.21. The lowest BCUT2D eigenvalue weighted by Gasteiger charge is -2.36. The van der Waals surface area contributed by atoms with Crippen LogP contribution in [0.3, 0.4) is 0 Å². The Morgan fingerprint density at radius 2 is 1.75 bits per heavy atom. The first kappa shape index (κ1) is 14.9. The number of nitrogens with zero attached hydrogens (tertiary/aromatic N) is 1. The summed E-state index contributed by atoms with van der Waals surface area (Å²) in [5.74, 6) is -0.515. The second kappa shape index (κ2) is 5.46. The highest BCUT2D eigenvalue weighted by atomic mass is 19.4. The summed E-state index contributed by atoms with van der Waals surface area (Å²) in [7, 11) is 0. The predicted octanol–water partition coefficient (Wildman–Crippen LogP) is 3.86. The van der Waals surface area contributed by atoms with Gasteiger partial charge in [0.15, 0.2) is 0 Å². The Morgan fingerprint density at radius 1 is 1.15 bits per heavy atom. The summed E-state index contributed by atoms with van der Waals surface area (Å²) in [6.45, 7) is 3.85. The monoisotopic (exact) mass is 285 g/mol. The number of piperidine rings is 1. The van der Waals surface area contributed by atoms with Crippen LogP contribution in [0.2, 0.25) is 0 Å². The molecule has 0 aliphatic carbocycles. The van der Waals surface area contributed by atoms with Crippen molar-refractivity contribution >= 4 is 5.91 Å². The Bertz CT molecular complexity index is 490. The molecule has 1 unspecified atom stereocenters. The maximum Gasteiger partial charge on any atom is 0.408 e. The van der Waals surface area contributed by atoms with Crippen LogP contribution >= 0.6 is 0 Å². The summed E-state index contributed by atoms with van der Waals surface area (Å²) >= 11 is 0. The molecule has 1 fully saturated rings. The molecule has 2 nitrogen and oxygen atoms in total. The number of benzene rings is 1. The van der Waals surface area contributed by atoms with Gasteiger partial charge >= 0.3 is 6.18 Å². The van der Waals surface area contributed by atoms with E-state index in [1.165, 1.54) is 0 Å². The summed E-state index contributed by atoms with van der Waals surface area (Å²) in [5, 5.41) is 0. The van der Waals surface area contributed by atoms with E-state index in [1.54, 1.807) is 12.1 Å². The zero-order valence-corrected chi connectivity index (χ0v) is 11.6. The molecule has 1 aliphatic rings.